The number of ketones is 1. The second-order valence-electron chi connectivity index (χ2n) is 8.57. The number of ether oxygens (including phenoxy) is 1. The van der Waals surface area contributed by atoms with E-state index in [-0.39, 0.29) is 19.0 Å². The molecule has 0 heterocycles. The van der Waals surface area contributed by atoms with Crippen molar-refractivity contribution in [1.29, 1.82) is 0 Å². The largest absolute Gasteiger partial charge is 0.485 e. The topological polar surface area (TPSA) is 47.9 Å². The summed E-state index contributed by atoms with van der Waals surface area (Å²) in [6.07, 6.45) is 0.104. The average Bonchev–Trinajstić information content (AvgIpc) is 2.87. The Labute approximate surface area is 202 Å². The van der Waals surface area contributed by atoms with Crippen LogP contribution in [0.4, 0.5) is 13.2 Å². The molecule has 0 amide bonds. The molecule has 0 bridgehead atoms. The van der Waals surface area contributed by atoms with Crippen molar-refractivity contribution >= 4 is 11.5 Å². The second kappa shape index (κ2) is 10.8. The molecule has 0 N–H and O–H groups in total. The van der Waals surface area contributed by atoms with Crippen LogP contribution in [0.1, 0.15) is 57.9 Å². The van der Waals surface area contributed by atoms with E-state index in [1.54, 1.807) is 31.2 Å². The van der Waals surface area contributed by atoms with E-state index in [0.717, 1.165) is 37.0 Å². The Bertz CT molecular complexity index is 1200. The number of carbonyl (C=O) groups excluding carboxylic acids is 1. The number of oxime groups is 1. The Hall–Kier alpha value is -3.61. The number of carbonyl (C=O) groups is 1. The first-order chi connectivity index (χ1) is 16.8. The van der Waals surface area contributed by atoms with E-state index < -0.39 is 11.7 Å². The number of benzene rings is 3. The number of Topliss-reactive ketones (excluding diaryl/α,β-unsaturated/α-hetero) is 1. The highest BCUT2D eigenvalue weighted by Gasteiger charge is 2.29. The molecule has 4 rings (SSSR count). The van der Waals surface area contributed by atoms with Gasteiger partial charge in [-0.1, -0.05) is 29.4 Å². The highest BCUT2D eigenvalue weighted by atomic mass is 19.4. The van der Waals surface area contributed by atoms with Crippen molar-refractivity contribution in [2.45, 2.75) is 45.4 Å². The van der Waals surface area contributed by atoms with Crippen molar-refractivity contribution in [3.8, 4) is 5.75 Å². The summed E-state index contributed by atoms with van der Waals surface area (Å²) < 4.78 is 43.6. The zero-order valence-corrected chi connectivity index (χ0v) is 19.4. The van der Waals surface area contributed by atoms with Gasteiger partial charge in [0.15, 0.2) is 12.4 Å². The van der Waals surface area contributed by atoms with E-state index in [0.29, 0.717) is 22.6 Å². The molecule has 0 atom stereocenters. The zero-order valence-electron chi connectivity index (χ0n) is 19.4. The standard InChI is InChI=1S/C28H26F3NO3/c1-19(32-35-17-20-6-12-25(13-7-20)28(29,30)31)21-10-14-26(15-11-21)34-18-27(33)24-9-8-22-4-2-3-5-23(22)16-24/h6-16H,2-5,17-18H2,1H3/b32-19+. The van der Waals surface area contributed by atoms with Gasteiger partial charge in [-0.15, -0.1) is 0 Å². The third-order valence-electron chi connectivity index (χ3n) is 6.03. The summed E-state index contributed by atoms with van der Waals surface area (Å²) in [6.45, 7) is 1.78. The summed E-state index contributed by atoms with van der Waals surface area (Å²) in [7, 11) is 0. The van der Waals surface area contributed by atoms with E-state index in [2.05, 4.69) is 11.2 Å². The molecular weight excluding hydrogens is 455 g/mol. The number of alkyl halides is 3. The quantitative estimate of drug-likeness (QED) is 0.202. The first-order valence-corrected chi connectivity index (χ1v) is 11.5. The van der Waals surface area contributed by atoms with Crippen molar-refractivity contribution in [2.24, 2.45) is 5.16 Å². The van der Waals surface area contributed by atoms with Gasteiger partial charge in [0.05, 0.1) is 11.3 Å². The molecule has 0 aromatic heterocycles. The molecule has 0 aliphatic heterocycles. The van der Waals surface area contributed by atoms with Crippen LogP contribution in [-0.4, -0.2) is 18.1 Å². The maximum Gasteiger partial charge on any atom is 0.416 e. The van der Waals surface area contributed by atoms with Crippen LogP contribution in [-0.2, 0) is 30.5 Å². The number of hydrogen-bond donors (Lipinski definition) is 0. The number of halogens is 3. The number of fused-ring (bicyclic) bond motifs is 1. The lowest BCUT2D eigenvalue weighted by Crippen LogP contribution is -2.13. The molecule has 3 aromatic rings. The maximum atomic E-state index is 12.6. The van der Waals surface area contributed by atoms with Gasteiger partial charge in [0.25, 0.3) is 0 Å². The molecule has 0 spiro atoms. The second-order valence-corrected chi connectivity index (χ2v) is 8.57. The average molecular weight is 482 g/mol. The van der Waals surface area contributed by atoms with Gasteiger partial charge in [-0.25, -0.2) is 0 Å². The van der Waals surface area contributed by atoms with Gasteiger partial charge in [-0.2, -0.15) is 13.2 Å². The van der Waals surface area contributed by atoms with E-state index in [4.69, 9.17) is 9.57 Å². The van der Waals surface area contributed by atoms with Gasteiger partial charge in [0.2, 0.25) is 0 Å². The number of hydrogen-bond acceptors (Lipinski definition) is 4. The van der Waals surface area contributed by atoms with Crippen LogP contribution in [0.25, 0.3) is 0 Å². The van der Waals surface area contributed by atoms with Crippen LogP contribution in [0.2, 0.25) is 0 Å². The summed E-state index contributed by atoms with van der Waals surface area (Å²) in [6, 6.07) is 17.8. The van der Waals surface area contributed by atoms with Gasteiger partial charge in [0, 0.05) is 5.56 Å². The molecule has 1 aliphatic carbocycles. The third-order valence-corrected chi connectivity index (χ3v) is 6.03. The Morgan fingerprint density at radius 3 is 2.23 bits per heavy atom. The Morgan fingerprint density at radius 2 is 1.54 bits per heavy atom. The van der Waals surface area contributed by atoms with Gasteiger partial charge in [-0.3, -0.25) is 4.79 Å². The van der Waals surface area contributed by atoms with Crippen molar-refractivity contribution in [2.75, 3.05) is 6.61 Å². The first kappa shape index (κ1) is 24.5. The maximum absolute atomic E-state index is 12.6. The van der Waals surface area contributed by atoms with E-state index in [9.17, 15) is 18.0 Å². The molecule has 1 aliphatic rings. The normalized spacial score (nSPS) is 13.8. The summed E-state index contributed by atoms with van der Waals surface area (Å²) in [4.78, 5) is 17.9. The lowest BCUT2D eigenvalue weighted by atomic mass is 9.90. The summed E-state index contributed by atoms with van der Waals surface area (Å²) in [5.41, 5.74) is 4.57. The van der Waals surface area contributed by atoms with Crippen LogP contribution in [0, 0.1) is 0 Å². The predicted octanol–water partition coefficient (Wildman–Crippen LogP) is 6.79. The number of aryl methyl sites for hydroxylation is 2. The molecule has 35 heavy (non-hydrogen) atoms. The van der Waals surface area contributed by atoms with Crippen LogP contribution in [0.3, 0.4) is 0 Å². The highest BCUT2D eigenvalue weighted by molar-refractivity contribution is 5.98. The summed E-state index contributed by atoms with van der Waals surface area (Å²) >= 11 is 0. The fourth-order valence-electron chi connectivity index (χ4n) is 3.98. The molecule has 0 unspecified atom stereocenters. The molecule has 182 valence electrons. The zero-order chi connectivity index (χ0) is 24.8. The van der Waals surface area contributed by atoms with Gasteiger partial charge >= 0.3 is 6.18 Å². The van der Waals surface area contributed by atoms with Crippen molar-refractivity contribution in [3.05, 3.63) is 100 Å². The molecule has 0 fully saturated rings. The molecule has 0 radical (unpaired) electrons. The SMILES string of the molecule is C/C(=N\OCc1ccc(C(F)(F)F)cc1)c1ccc(OCC(=O)c2ccc3c(c2)CCCC3)cc1. The third kappa shape index (κ3) is 6.50. The fourth-order valence-corrected chi connectivity index (χ4v) is 3.98. The fraction of sp³-hybridized carbons (Fsp3) is 0.286. The Kier molecular flexibility index (Phi) is 7.54. The van der Waals surface area contributed by atoms with Gasteiger partial charge < -0.3 is 9.57 Å². The van der Waals surface area contributed by atoms with E-state index in [1.807, 2.05) is 12.1 Å². The lowest BCUT2D eigenvalue weighted by molar-refractivity contribution is -0.137. The van der Waals surface area contributed by atoms with Crippen LogP contribution < -0.4 is 4.74 Å². The minimum absolute atomic E-state index is 0.0402. The minimum atomic E-state index is -4.36. The molecule has 7 heteroatoms. The smallest absolute Gasteiger partial charge is 0.416 e. The van der Waals surface area contributed by atoms with Crippen LogP contribution in [0.5, 0.6) is 5.75 Å². The minimum Gasteiger partial charge on any atom is -0.485 e. The monoisotopic (exact) mass is 481 g/mol. The molecule has 4 nitrogen and oxygen atoms in total. The van der Waals surface area contributed by atoms with Crippen molar-refractivity contribution in [3.63, 3.8) is 0 Å². The molecule has 0 saturated carbocycles. The van der Waals surface area contributed by atoms with Gasteiger partial charge in [0.1, 0.15) is 12.4 Å². The highest BCUT2D eigenvalue weighted by Crippen LogP contribution is 2.29. The Balaban J connectivity index is 1.28. The molecular formula is C28H26F3NO3. The van der Waals surface area contributed by atoms with Crippen molar-refractivity contribution in [1.82, 2.24) is 0 Å². The summed E-state index contributed by atoms with van der Waals surface area (Å²) in [5, 5.41) is 4.04. The number of nitrogens with zero attached hydrogens (tertiary/aromatic N) is 1. The van der Waals surface area contributed by atoms with Crippen molar-refractivity contribution < 1.29 is 27.5 Å². The predicted molar refractivity (Wildman–Crippen MR) is 128 cm³/mol. The van der Waals surface area contributed by atoms with Crippen LogP contribution >= 0.6 is 0 Å². The van der Waals surface area contributed by atoms with Gasteiger partial charge in [-0.05, 0) is 97.3 Å². The lowest BCUT2D eigenvalue weighted by Gasteiger charge is -2.16. The van der Waals surface area contributed by atoms with E-state index >= 15 is 0 Å². The first-order valence-electron chi connectivity index (χ1n) is 11.5. The Morgan fingerprint density at radius 1 is 0.886 bits per heavy atom. The van der Waals surface area contributed by atoms with Crippen LogP contribution in [0.15, 0.2) is 71.9 Å². The summed E-state index contributed by atoms with van der Waals surface area (Å²) in [5.74, 6) is 0.510. The molecule has 3 aromatic carbocycles. The number of rotatable bonds is 8. The van der Waals surface area contributed by atoms with E-state index in [1.165, 1.54) is 29.7 Å². The molecule has 0 saturated heterocycles.